The minimum Gasteiger partial charge on any atom is -0.399 e. The van der Waals surface area contributed by atoms with Crippen LogP contribution < -0.4 is 4.74 Å². The van der Waals surface area contributed by atoms with Gasteiger partial charge in [-0.2, -0.15) is 0 Å². The molecule has 0 aromatic heterocycles. The Morgan fingerprint density at radius 2 is 1.44 bits per heavy atom. The summed E-state index contributed by atoms with van der Waals surface area (Å²) in [5.41, 5.74) is 0.358. The smallest absolute Gasteiger partial charge is 0.399 e. The van der Waals surface area contributed by atoms with Gasteiger partial charge in [-0.25, -0.2) is 8.78 Å². The van der Waals surface area contributed by atoms with E-state index in [-0.39, 0.29) is 6.67 Å². The number of hydrogen-bond donors (Lipinski definition) is 0. The Morgan fingerprint density at radius 1 is 0.824 bits per heavy atom. The van der Waals surface area contributed by atoms with Gasteiger partial charge in [0.05, 0.1) is 6.67 Å². The molecule has 1 aliphatic carbocycles. The van der Waals surface area contributed by atoms with Gasteiger partial charge in [0.15, 0.2) is 11.6 Å². The molecule has 1 heterocycles. The van der Waals surface area contributed by atoms with E-state index in [4.69, 9.17) is 0 Å². The molecule has 1 nitrogen and oxygen atoms in total. The fraction of sp³-hybridized carbons (Fsp3) is 0.769. The molecule has 1 saturated heterocycles. The largest absolute Gasteiger partial charge is 0.573 e. The van der Waals surface area contributed by atoms with Crippen LogP contribution in [0.25, 0.3) is 0 Å². The van der Waals surface area contributed by atoms with Crippen LogP contribution in [0, 0.1) is 29.4 Å². The van der Waals surface area contributed by atoms with Gasteiger partial charge in [0, 0.05) is 8.80 Å². The number of halogens is 6. The molecule has 1 aromatic carbocycles. The van der Waals surface area contributed by atoms with E-state index >= 15 is 0 Å². The van der Waals surface area contributed by atoms with Crippen LogP contribution >= 0.6 is 0 Å². The Bertz CT molecular complexity index is 716. The predicted octanol–water partition coefficient (Wildman–Crippen LogP) is 8.77. The minimum absolute atomic E-state index is 0.169. The van der Waals surface area contributed by atoms with Gasteiger partial charge in [-0.3, -0.25) is 4.39 Å². The van der Waals surface area contributed by atoms with E-state index in [9.17, 15) is 26.3 Å². The second-order valence-corrected chi connectivity index (χ2v) is 13.9. The van der Waals surface area contributed by atoms with E-state index in [2.05, 4.69) is 4.74 Å². The molecular weight excluding hydrogens is 470 g/mol. The van der Waals surface area contributed by atoms with Gasteiger partial charge < -0.3 is 4.74 Å². The molecule has 1 saturated carbocycles. The van der Waals surface area contributed by atoms with Gasteiger partial charge in [-0.15, -0.1) is 13.2 Å². The van der Waals surface area contributed by atoms with E-state index in [0.29, 0.717) is 17.9 Å². The minimum atomic E-state index is -5.12. The van der Waals surface area contributed by atoms with Crippen molar-refractivity contribution in [2.24, 2.45) is 17.8 Å². The highest BCUT2D eigenvalue weighted by Gasteiger charge is 2.34. The first-order valence-electron chi connectivity index (χ1n) is 13.0. The Hall–Kier alpha value is -1.18. The number of benzene rings is 1. The second kappa shape index (κ2) is 13.2. The van der Waals surface area contributed by atoms with Gasteiger partial charge in [0.1, 0.15) is 0 Å². The van der Waals surface area contributed by atoms with Crippen LogP contribution in [0.1, 0.15) is 76.2 Å². The van der Waals surface area contributed by atoms with E-state index < -0.39 is 32.5 Å². The van der Waals surface area contributed by atoms with Gasteiger partial charge in [0.25, 0.3) is 0 Å². The number of ether oxygens (including phenoxy) is 1. The third-order valence-electron chi connectivity index (χ3n) is 8.05. The first-order chi connectivity index (χ1) is 16.2. The zero-order valence-electron chi connectivity index (χ0n) is 20.0. The van der Waals surface area contributed by atoms with Crippen LogP contribution in [0.15, 0.2) is 12.1 Å². The highest BCUT2D eigenvalue weighted by atomic mass is 28.3. The molecule has 2 aliphatic rings. The van der Waals surface area contributed by atoms with Crippen molar-refractivity contribution in [3.63, 3.8) is 0 Å². The lowest BCUT2D eigenvalue weighted by Gasteiger charge is -2.37. The molecule has 2 fully saturated rings. The molecule has 194 valence electrons. The molecule has 0 amide bonds. The monoisotopic (exact) mass is 508 g/mol. The summed E-state index contributed by atoms with van der Waals surface area (Å²) in [5.74, 6) is -1.57. The molecule has 0 bridgehead atoms. The predicted molar refractivity (Wildman–Crippen MR) is 126 cm³/mol. The van der Waals surface area contributed by atoms with Crippen molar-refractivity contribution in [2.45, 2.75) is 102 Å². The van der Waals surface area contributed by atoms with Crippen LogP contribution in [0.3, 0.4) is 0 Å². The molecule has 8 heteroatoms. The van der Waals surface area contributed by atoms with Crippen molar-refractivity contribution in [2.75, 3.05) is 6.67 Å². The standard InChI is InChI=1S/C26H38F6OSi/c27-13-3-4-14-34-15-11-22(12-16-34)21-9-7-19(8-10-21)5-1-2-6-20-17-23(28)25(24(29)18-20)33-26(30,31)32/h17-19,21-22,34H,1-16H2/t19-,21-,22-,34-. The molecular formula is C26H38F6OSi. The highest BCUT2D eigenvalue weighted by Crippen LogP contribution is 2.42. The van der Waals surface area contributed by atoms with Crippen molar-refractivity contribution in [3.05, 3.63) is 29.3 Å². The van der Waals surface area contributed by atoms with Crippen LogP contribution in [0.5, 0.6) is 5.75 Å². The average molecular weight is 509 g/mol. The molecule has 0 N–H and O–H groups in total. The van der Waals surface area contributed by atoms with E-state index in [1.54, 1.807) is 0 Å². The Kier molecular flexibility index (Phi) is 10.7. The molecule has 0 atom stereocenters. The van der Waals surface area contributed by atoms with Gasteiger partial charge in [-0.1, -0.05) is 63.1 Å². The number of aryl methyl sites for hydroxylation is 1. The molecule has 3 rings (SSSR count). The summed E-state index contributed by atoms with van der Waals surface area (Å²) in [6.45, 7) is -0.169. The topological polar surface area (TPSA) is 9.23 Å². The maximum absolute atomic E-state index is 13.8. The van der Waals surface area contributed by atoms with Crippen LogP contribution in [-0.4, -0.2) is 21.8 Å². The highest BCUT2D eigenvalue weighted by molar-refractivity contribution is 6.58. The van der Waals surface area contributed by atoms with Crippen molar-refractivity contribution in [1.82, 2.24) is 0 Å². The quantitative estimate of drug-likeness (QED) is 0.165. The summed E-state index contributed by atoms with van der Waals surface area (Å²) in [4.78, 5) is 0. The van der Waals surface area contributed by atoms with Crippen LogP contribution in [0.2, 0.25) is 18.1 Å². The van der Waals surface area contributed by atoms with Gasteiger partial charge in [-0.05, 0) is 67.6 Å². The zero-order chi connectivity index (χ0) is 24.6. The maximum atomic E-state index is 13.8. The third-order valence-corrected chi connectivity index (χ3v) is 11.6. The molecule has 34 heavy (non-hydrogen) atoms. The lowest BCUT2D eigenvalue weighted by Crippen LogP contribution is -2.28. The number of hydrogen-bond acceptors (Lipinski definition) is 1. The van der Waals surface area contributed by atoms with Crippen molar-refractivity contribution >= 4 is 8.80 Å². The van der Waals surface area contributed by atoms with Crippen molar-refractivity contribution < 1.29 is 31.1 Å². The van der Waals surface area contributed by atoms with E-state index in [1.807, 2.05) is 0 Å². The lowest BCUT2D eigenvalue weighted by molar-refractivity contribution is -0.276. The van der Waals surface area contributed by atoms with E-state index in [1.165, 1.54) is 56.7 Å². The summed E-state index contributed by atoms with van der Waals surface area (Å²) in [6.07, 6.45) is 7.86. The third kappa shape index (κ3) is 8.79. The average Bonchev–Trinajstić information content (AvgIpc) is 2.80. The first kappa shape index (κ1) is 27.4. The Labute approximate surface area is 201 Å². The normalized spacial score (nSPS) is 25.9. The van der Waals surface area contributed by atoms with E-state index in [0.717, 1.165) is 56.1 Å². The molecule has 1 aromatic rings. The fourth-order valence-electron chi connectivity index (χ4n) is 6.16. The zero-order valence-corrected chi connectivity index (χ0v) is 21.1. The van der Waals surface area contributed by atoms with Gasteiger partial charge >= 0.3 is 6.36 Å². The Balaban J connectivity index is 1.31. The molecule has 0 spiro atoms. The lowest BCUT2D eigenvalue weighted by atomic mass is 9.73. The second-order valence-electron chi connectivity index (χ2n) is 10.4. The van der Waals surface area contributed by atoms with Crippen molar-refractivity contribution in [1.29, 1.82) is 0 Å². The maximum Gasteiger partial charge on any atom is 0.573 e. The molecule has 1 aliphatic heterocycles. The fourth-order valence-corrected chi connectivity index (χ4v) is 9.69. The molecule has 0 unspecified atom stereocenters. The summed E-state index contributed by atoms with van der Waals surface area (Å²) in [5, 5.41) is 0. The van der Waals surface area contributed by atoms with Crippen LogP contribution in [-0.2, 0) is 6.42 Å². The molecule has 0 radical (unpaired) electrons. The SMILES string of the molecule is FCCCC[Si@H]1CC[C@H]([C@H]2CC[C@H](CCCCc3cc(F)c(OC(F)(F)F)c(F)c3)CC2)CC1. The van der Waals surface area contributed by atoms with Crippen LogP contribution in [0.4, 0.5) is 26.3 Å². The Morgan fingerprint density at radius 3 is 2.03 bits per heavy atom. The number of unbranched alkanes of at least 4 members (excludes halogenated alkanes) is 2. The summed E-state index contributed by atoms with van der Waals surface area (Å²) in [7, 11) is -0.598. The number of alkyl halides is 4. The summed E-state index contributed by atoms with van der Waals surface area (Å²) in [6, 6.07) is 6.10. The first-order valence-corrected chi connectivity index (χ1v) is 15.5. The van der Waals surface area contributed by atoms with Crippen molar-refractivity contribution in [3.8, 4) is 5.75 Å². The summed E-state index contributed by atoms with van der Waals surface area (Å²) < 4.78 is 80.2. The summed E-state index contributed by atoms with van der Waals surface area (Å²) >= 11 is 0. The number of rotatable bonds is 11. The van der Waals surface area contributed by atoms with Gasteiger partial charge in [0.2, 0.25) is 5.75 Å².